The van der Waals surface area contributed by atoms with Gasteiger partial charge >= 0.3 is 0 Å². The standard InChI is InChI=1S/C18H29N3O/c1-14(22)17(19-5)15-7-6-8-16(13-15)20-9-11-21(12-10-20)18(2,3)4/h6-8,13,19,22H,9-12H2,1-5H3/b17-14+. The monoisotopic (exact) mass is 303 g/mol. The predicted molar refractivity (Wildman–Crippen MR) is 94.3 cm³/mol. The molecule has 0 spiro atoms. The van der Waals surface area contributed by atoms with Gasteiger partial charge in [0.15, 0.2) is 0 Å². The van der Waals surface area contributed by atoms with E-state index in [-0.39, 0.29) is 5.54 Å². The molecule has 1 saturated heterocycles. The molecule has 0 atom stereocenters. The van der Waals surface area contributed by atoms with E-state index in [0.717, 1.165) is 37.4 Å². The van der Waals surface area contributed by atoms with E-state index in [1.165, 1.54) is 5.69 Å². The summed E-state index contributed by atoms with van der Waals surface area (Å²) in [6.07, 6.45) is 0. The largest absolute Gasteiger partial charge is 0.510 e. The molecular weight excluding hydrogens is 274 g/mol. The van der Waals surface area contributed by atoms with Crippen molar-refractivity contribution in [2.45, 2.75) is 33.2 Å². The molecule has 0 aliphatic carbocycles. The summed E-state index contributed by atoms with van der Waals surface area (Å²) < 4.78 is 0. The average molecular weight is 303 g/mol. The number of allylic oxidation sites excluding steroid dienone is 1. The molecule has 1 aliphatic rings. The molecule has 4 nitrogen and oxygen atoms in total. The van der Waals surface area contributed by atoms with Crippen LogP contribution in [0.1, 0.15) is 33.3 Å². The SMILES string of the molecule is CN/C(=C(\C)O)c1cccc(N2CCN(C(C)(C)C)CC2)c1. The number of aliphatic hydroxyl groups excluding tert-OH is 1. The summed E-state index contributed by atoms with van der Waals surface area (Å²) in [5.41, 5.74) is 3.28. The Bertz CT molecular complexity index is 534. The number of hydrogen-bond acceptors (Lipinski definition) is 4. The van der Waals surface area contributed by atoms with Crippen molar-refractivity contribution in [3.05, 3.63) is 35.6 Å². The van der Waals surface area contributed by atoms with Crippen LogP contribution >= 0.6 is 0 Å². The fraction of sp³-hybridized carbons (Fsp3) is 0.556. The number of rotatable bonds is 3. The number of benzene rings is 1. The number of nitrogens with zero attached hydrogens (tertiary/aromatic N) is 2. The minimum absolute atomic E-state index is 0.240. The first-order chi connectivity index (χ1) is 10.3. The third-order valence-corrected chi connectivity index (χ3v) is 4.34. The zero-order valence-electron chi connectivity index (χ0n) is 14.5. The first kappa shape index (κ1) is 16.7. The van der Waals surface area contributed by atoms with E-state index in [1.54, 1.807) is 6.92 Å². The number of nitrogens with one attached hydrogen (secondary N) is 1. The Hall–Kier alpha value is -1.68. The Morgan fingerprint density at radius 2 is 1.77 bits per heavy atom. The second kappa shape index (κ2) is 6.61. The van der Waals surface area contributed by atoms with E-state index < -0.39 is 0 Å². The molecule has 0 aromatic heterocycles. The van der Waals surface area contributed by atoms with Crippen LogP contribution in [0.4, 0.5) is 5.69 Å². The third kappa shape index (κ3) is 3.74. The fourth-order valence-electron chi connectivity index (χ4n) is 3.03. The van der Waals surface area contributed by atoms with Gasteiger partial charge in [0, 0.05) is 50.0 Å². The van der Waals surface area contributed by atoms with Crippen molar-refractivity contribution >= 4 is 11.4 Å². The first-order valence-electron chi connectivity index (χ1n) is 8.01. The lowest BCUT2D eigenvalue weighted by molar-refractivity contribution is 0.128. The molecule has 2 N–H and O–H groups in total. The molecule has 2 rings (SSSR count). The summed E-state index contributed by atoms with van der Waals surface area (Å²) in [4.78, 5) is 4.95. The molecule has 1 heterocycles. The Balaban J connectivity index is 2.14. The van der Waals surface area contributed by atoms with Crippen molar-refractivity contribution in [2.75, 3.05) is 38.1 Å². The van der Waals surface area contributed by atoms with Crippen molar-refractivity contribution in [2.24, 2.45) is 0 Å². The van der Waals surface area contributed by atoms with Gasteiger partial charge in [-0.25, -0.2) is 0 Å². The molecule has 1 aromatic rings. The van der Waals surface area contributed by atoms with Gasteiger partial charge in [-0.1, -0.05) is 12.1 Å². The zero-order chi connectivity index (χ0) is 16.3. The molecule has 0 bridgehead atoms. The quantitative estimate of drug-likeness (QED) is 0.842. The van der Waals surface area contributed by atoms with Crippen molar-refractivity contribution in [1.29, 1.82) is 0 Å². The lowest BCUT2D eigenvalue weighted by Gasteiger charge is -2.43. The predicted octanol–water partition coefficient (Wildman–Crippen LogP) is 3.07. The van der Waals surface area contributed by atoms with Gasteiger partial charge in [0.25, 0.3) is 0 Å². The Kier molecular flexibility index (Phi) is 5.01. The molecular formula is C18H29N3O. The highest BCUT2D eigenvalue weighted by molar-refractivity contribution is 5.68. The van der Waals surface area contributed by atoms with Crippen LogP contribution in [0.3, 0.4) is 0 Å². The van der Waals surface area contributed by atoms with Crippen LogP contribution in [-0.4, -0.2) is 48.8 Å². The molecule has 0 unspecified atom stereocenters. The van der Waals surface area contributed by atoms with Gasteiger partial charge in [-0.2, -0.15) is 0 Å². The second-order valence-electron chi connectivity index (χ2n) is 6.91. The highest BCUT2D eigenvalue weighted by Crippen LogP contribution is 2.24. The highest BCUT2D eigenvalue weighted by atomic mass is 16.3. The van der Waals surface area contributed by atoms with Crippen LogP contribution in [-0.2, 0) is 0 Å². The van der Waals surface area contributed by atoms with Crippen LogP contribution in [0.2, 0.25) is 0 Å². The lowest BCUT2D eigenvalue weighted by atomic mass is 10.0. The lowest BCUT2D eigenvalue weighted by Crippen LogP contribution is -2.53. The van der Waals surface area contributed by atoms with E-state index in [4.69, 9.17) is 0 Å². The Morgan fingerprint density at radius 1 is 1.14 bits per heavy atom. The molecule has 1 fully saturated rings. The zero-order valence-corrected chi connectivity index (χ0v) is 14.5. The van der Waals surface area contributed by atoms with Gasteiger partial charge in [-0.3, -0.25) is 4.90 Å². The van der Waals surface area contributed by atoms with E-state index in [1.807, 2.05) is 13.1 Å². The van der Waals surface area contributed by atoms with E-state index >= 15 is 0 Å². The number of piperazine rings is 1. The van der Waals surface area contributed by atoms with Crippen molar-refractivity contribution in [3.63, 3.8) is 0 Å². The fourth-order valence-corrected chi connectivity index (χ4v) is 3.03. The summed E-state index contributed by atoms with van der Waals surface area (Å²) in [6.45, 7) is 12.8. The minimum Gasteiger partial charge on any atom is -0.510 e. The number of aliphatic hydroxyl groups is 1. The topological polar surface area (TPSA) is 38.7 Å². The van der Waals surface area contributed by atoms with Gasteiger partial charge in [0.2, 0.25) is 0 Å². The molecule has 22 heavy (non-hydrogen) atoms. The summed E-state index contributed by atoms with van der Waals surface area (Å²) >= 11 is 0. The van der Waals surface area contributed by atoms with Gasteiger partial charge in [-0.15, -0.1) is 0 Å². The normalized spacial score (nSPS) is 18.1. The number of anilines is 1. The van der Waals surface area contributed by atoms with E-state index in [0.29, 0.717) is 5.76 Å². The van der Waals surface area contributed by atoms with Crippen molar-refractivity contribution in [3.8, 4) is 0 Å². The maximum Gasteiger partial charge on any atom is 0.113 e. The smallest absolute Gasteiger partial charge is 0.113 e. The van der Waals surface area contributed by atoms with Crippen LogP contribution in [0, 0.1) is 0 Å². The van der Waals surface area contributed by atoms with Crippen LogP contribution in [0.25, 0.3) is 5.70 Å². The summed E-state index contributed by atoms with van der Waals surface area (Å²) in [6, 6.07) is 8.38. The minimum atomic E-state index is 0.240. The molecule has 1 aliphatic heterocycles. The van der Waals surface area contributed by atoms with Gasteiger partial charge in [-0.05, 0) is 39.8 Å². The van der Waals surface area contributed by atoms with Crippen molar-refractivity contribution in [1.82, 2.24) is 10.2 Å². The average Bonchev–Trinajstić information content (AvgIpc) is 2.47. The van der Waals surface area contributed by atoms with Gasteiger partial charge in [0.1, 0.15) is 5.76 Å². The number of hydrogen-bond donors (Lipinski definition) is 2. The first-order valence-corrected chi connectivity index (χ1v) is 8.01. The van der Waals surface area contributed by atoms with Crippen LogP contribution in [0.5, 0.6) is 0 Å². The van der Waals surface area contributed by atoms with E-state index in [9.17, 15) is 5.11 Å². The Morgan fingerprint density at radius 3 is 2.27 bits per heavy atom. The van der Waals surface area contributed by atoms with Gasteiger partial charge < -0.3 is 15.3 Å². The van der Waals surface area contributed by atoms with E-state index in [2.05, 4.69) is 54.1 Å². The Labute approximate surface area is 134 Å². The molecule has 122 valence electrons. The maximum atomic E-state index is 9.79. The van der Waals surface area contributed by atoms with Crippen LogP contribution in [0.15, 0.2) is 30.0 Å². The maximum absolute atomic E-state index is 9.79. The van der Waals surface area contributed by atoms with Gasteiger partial charge in [0.05, 0.1) is 5.70 Å². The van der Waals surface area contributed by atoms with Crippen LogP contribution < -0.4 is 10.2 Å². The molecule has 0 saturated carbocycles. The summed E-state index contributed by atoms with van der Waals surface area (Å²) in [5.74, 6) is 0.317. The van der Waals surface area contributed by atoms with Crippen molar-refractivity contribution < 1.29 is 5.11 Å². The highest BCUT2D eigenvalue weighted by Gasteiger charge is 2.25. The summed E-state index contributed by atoms with van der Waals surface area (Å²) in [7, 11) is 1.84. The third-order valence-electron chi connectivity index (χ3n) is 4.34. The molecule has 0 radical (unpaired) electrons. The summed E-state index contributed by atoms with van der Waals surface area (Å²) in [5, 5.41) is 12.9. The second-order valence-corrected chi connectivity index (χ2v) is 6.91. The molecule has 4 heteroatoms. The molecule has 1 aromatic carbocycles. The molecule has 0 amide bonds.